The van der Waals surface area contributed by atoms with E-state index < -0.39 is 32.9 Å². The minimum absolute atomic E-state index is 0.149. The van der Waals surface area contributed by atoms with E-state index >= 15 is 0 Å². The second-order valence-electron chi connectivity index (χ2n) is 9.32. The first-order valence-corrected chi connectivity index (χ1v) is 14.8. The van der Waals surface area contributed by atoms with Crippen LogP contribution in [0.4, 0.5) is 29.1 Å². The number of rotatable bonds is 6. The van der Waals surface area contributed by atoms with Crippen LogP contribution in [0.15, 0.2) is 52.2 Å². The number of carbonyl (C=O) groups is 1. The van der Waals surface area contributed by atoms with Gasteiger partial charge in [-0.05, 0) is 36.5 Å². The third-order valence-corrected chi connectivity index (χ3v) is 9.13. The van der Waals surface area contributed by atoms with Gasteiger partial charge < -0.3 is 10.0 Å². The summed E-state index contributed by atoms with van der Waals surface area (Å²) in [5, 5.41) is 8.86. The minimum atomic E-state index is -5.08. The molecule has 15 heteroatoms. The number of alkyl halides is 3. The molecule has 1 aliphatic heterocycles. The van der Waals surface area contributed by atoms with E-state index in [9.17, 15) is 26.0 Å². The summed E-state index contributed by atoms with van der Waals surface area (Å²) in [6.07, 6.45) is -1.94. The molecule has 5 rings (SSSR count). The molecule has 1 saturated heterocycles. The maximum absolute atomic E-state index is 15.0. The number of aryl methyl sites for hydroxylation is 1. The molecule has 2 N–H and O–H groups in total. The summed E-state index contributed by atoms with van der Waals surface area (Å²) in [7, 11) is -2.25. The first kappa shape index (κ1) is 30.0. The van der Waals surface area contributed by atoms with E-state index in [0.717, 1.165) is 32.4 Å². The second-order valence-corrected chi connectivity index (χ2v) is 12.1. The van der Waals surface area contributed by atoms with Gasteiger partial charge >= 0.3 is 12.1 Å². The van der Waals surface area contributed by atoms with E-state index in [1.165, 1.54) is 45.5 Å². The molecule has 2 heterocycles. The van der Waals surface area contributed by atoms with Gasteiger partial charge in [0.15, 0.2) is 5.82 Å². The monoisotopic (exact) mass is 620 g/mol. The smallest absolute Gasteiger partial charge is 0.475 e. The first-order chi connectivity index (χ1) is 18.8. The molecule has 0 bridgehead atoms. The Morgan fingerprint density at radius 2 is 1.95 bits per heavy atom. The lowest BCUT2D eigenvalue weighted by atomic mass is 10.1. The lowest BCUT2D eigenvalue weighted by Crippen LogP contribution is -2.35. The summed E-state index contributed by atoms with van der Waals surface area (Å²) in [4.78, 5) is 16.8. The molecular formula is C25H25ClF4N4O4S2. The zero-order chi connectivity index (χ0) is 29.2. The molecule has 1 unspecified atom stereocenters. The molecule has 0 spiro atoms. The average Bonchev–Trinajstić information content (AvgIpc) is 3.65. The van der Waals surface area contributed by atoms with Crippen molar-refractivity contribution in [1.29, 1.82) is 0 Å². The maximum Gasteiger partial charge on any atom is 0.490 e. The number of carboxylic acid groups (broad SMARTS) is 1. The standard InChI is InChI=1S/C23H24ClFN4O2S2.C2HF3O2/c1-28(16-8-9-29(12-16)20-7-6-15-4-2-3-5-17(15)20)21-11-19(25)22(10-18(21)24)33(30,31)27-23-13-32-14-26-23;3-2(4,5)1(6)7/h2-5,10-11,13-14,16,20,27H,6-9,12H2,1H3;(H,6,7)/t16?,20-;/m0./s1. The predicted molar refractivity (Wildman–Crippen MR) is 144 cm³/mol. The number of sulfonamides is 1. The number of anilines is 2. The molecule has 2 aliphatic rings. The van der Waals surface area contributed by atoms with Gasteiger partial charge in [0.2, 0.25) is 0 Å². The number of benzene rings is 2. The summed E-state index contributed by atoms with van der Waals surface area (Å²) >= 11 is 7.71. The Kier molecular flexibility index (Phi) is 8.93. The van der Waals surface area contributed by atoms with Gasteiger partial charge in [-0.2, -0.15) is 13.2 Å². The number of carboxylic acids is 1. The predicted octanol–water partition coefficient (Wildman–Crippen LogP) is 5.57. The Bertz CT molecular complexity index is 1470. The quantitative estimate of drug-likeness (QED) is 0.348. The van der Waals surface area contributed by atoms with Crippen LogP contribution in [0.1, 0.15) is 30.0 Å². The van der Waals surface area contributed by atoms with Crippen molar-refractivity contribution in [3.63, 3.8) is 0 Å². The van der Waals surface area contributed by atoms with Gasteiger partial charge in [-0.1, -0.05) is 35.9 Å². The summed E-state index contributed by atoms with van der Waals surface area (Å²) in [5.41, 5.74) is 4.81. The largest absolute Gasteiger partial charge is 0.490 e. The number of nitrogens with zero attached hydrogens (tertiary/aromatic N) is 3. The van der Waals surface area contributed by atoms with Crippen LogP contribution in [0.5, 0.6) is 0 Å². The van der Waals surface area contributed by atoms with Crippen LogP contribution in [0, 0.1) is 5.82 Å². The van der Waals surface area contributed by atoms with Crippen LogP contribution in [-0.4, -0.2) is 61.7 Å². The van der Waals surface area contributed by atoms with E-state index in [-0.39, 0.29) is 16.9 Å². The first-order valence-electron chi connectivity index (χ1n) is 12.0. The van der Waals surface area contributed by atoms with Gasteiger partial charge in [-0.15, -0.1) is 11.3 Å². The summed E-state index contributed by atoms with van der Waals surface area (Å²) in [6, 6.07) is 11.6. The molecule has 40 heavy (non-hydrogen) atoms. The zero-order valence-electron chi connectivity index (χ0n) is 21.0. The minimum Gasteiger partial charge on any atom is -0.475 e. The summed E-state index contributed by atoms with van der Waals surface area (Å²) in [5.74, 6) is -3.45. The number of fused-ring (bicyclic) bond motifs is 1. The van der Waals surface area contributed by atoms with Crippen LogP contribution in [0.25, 0.3) is 0 Å². The Labute approximate surface area is 237 Å². The van der Waals surface area contributed by atoms with Crippen LogP contribution in [0.3, 0.4) is 0 Å². The number of aliphatic carboxylic acids is 1. The highest BCUT2D eigenvalue weighted by molar-refractivity contribution is 7.92. The number of likely N-dealkylation sites (N-methyl/N-ethyl adjacent to an activating group) is 1. The highest BCUT2D eigenvalue weighted by Gasteiger charge is 2.38. The fraction of sp³-hybridized carbons (Fsp3) is 0.360. The Morgan fingerprint density at radius 3 is 2.60 bits per heavy atom. The highest BCUT2D eigenvalue weighted by atomic mass is 35.5. The van der Waals surface area contributed by atoms with Crippen LogP contribution in [0.2, 0.25) is 5.02 Å². The molecule has 216 valence electrons. The molecule has 0 amide bonds. The highest BCUT2D eigenvalue weighted by Crippen LogP contribution is 2.39. The van der Waals surface area contributed by atoms with Crippen molar-refractivity contribution in [3.8, 4) is 0 Å². The Morgan fingerprint density at radius 1 is 1.25 bits per heavy atom. The van der Waals surface area contributed by atoms with Crippen molar-refractivity contribution in [2.45, 2.75) is 42.4 Å². The molecule has 8 nitrogen and oxygen atoms in total. The van der Waals surface area contributed by atoms with E-state index in [4.69, 9.17) is 21.5 Å². The summed E-state index contributed by atoms with van der Waals surface area (Å²) < 4.78 is 74.2. The van der Waals surface area contributed by atoms with Gasteiger partial charge in [0.1, 0.15) is 10.7 Å². The number of thiazole rings is 1. The third kappa shape index (κ3) is 6.67. The van der Waals surface area contributed by atoms with E-state index in [1.54, 1.807) is 0 Å². The second kappa shape index (κ2) is 11.9. The van der Waals surface area contributed by atoms with Gasteiger partial charge in [-0.25, -0.2) is 22.6 Å². The number of halogens is 5. The van der Waals surface area contributed by atoms with Gasteiger partial charge in [0.25, 0.3) is 10.0 Å². The number of nitrogens with one attached hydrogen (secondary N) is 1. The number of hydrogen-bond donors (Lipinski definition) is 2. The van der Waals surface area contributed by atoms with Crippen molar-refractivity contribution in [2.24, 2.45) is 0 Å². The Hall–Kier alpha value is -2.94. The SMILES string of the molecule is CN(c1cc(F)c(S(=O)(=O)Nc2cscn2)cc1Cl)C1CCN([C@H]2CCc3ccccc32)C1.O=C(O)C(F)(F)F. The molecule has 0 saturated carbocycles. The van der Waals surface area contributed by atoms with E-state index in [1.807, 2.05) is 11.9 Å². The van der Waals surface area contributed by atoms with E-state index in [2.05, 4.69) is 38.9 Å². The van der Waals surface area contributed by atoms with Crippen molar-refractivity contribution in [3.05, 3.63) is 69.3 Å². The van der Waals surface area contributed by atoms with Crippen LogP contribution >= 0.6 is 22.9 Å². The fourth-order valence-corrected chi connectivity index (χ4v) is 6.93. The van der Waals surface area contributed by atoms with Crippen LogP contribution in [-0.2, 0) is 21.2 Å². The van der Waals surface area contributed by atoms with Crippen molar-refractivity contribution >= 4 is 50.4 Å². The zero-order valence-corrected chi connectivity index (χ0v) is 23.4. The molecule has 2 aromatic carbocycles. The number of aromatic nitrogens is 1. The molecule has 1 fully saturated rings. The fourth-order valence-electron chi connectivity index (χ4n) is 4.93. The number of hydrogen-bond acceptors (Lipinski definition) is 7. The molecule has 0 radical (unpaired) electrons. The van der Waals surface area contributed by atoms with Crippen molar-refractivity contribution < 1.29 is 35.9 Å². The molecule has 1 aromatic heterocycles. The normalized spacial score (nSPS) is 19.1. The molecule has 3 aromatic rings. The number of likely N-dealkylation sites (tertiary alicyclic amines) is 1. The van der Waals surface area contributed by atoms with E-state index in [0.29, 0.717) is 11.7 Å². The third-order valence-electron chi connectivity index (χ3n) is 6.87. The van der Waals surface area contributed by atoms with Gasteiger partial charge in [0.05, 0.1) is 16.2 Å². The molecule has 1 aliphatic carbocycles. The average molecular weight is 621 g/mol. The lowest BCUT2D eigenvalue weighted by molar-refractivity contribution is -0.192. The van der Waals surface area contributed by atoms with Crippen LogP contribution < -0.4 is 9.62 Å². The van der Waals surface area contributed by atoms with Gasteiger partial charge in [-0.3, -0.25) is 9.62 Å². The molecule has 2 atom stereocenters. The van der Waals surface area contributed by atoms with Crippen molar-refractivity contribution in [2.75, 3.05) is 29.8 Å². The van der Waals surface area contributed by atoms with Gasteiger partial charge in [0, 0.05) is 43.7 Å². The Balaban J connectivity index is 0.000000470. The maximum atomic E-state index is 15.0. The lowest BCUT2D eigenvalue weighted by Gasteiger charge is -2.30. The topological polar surface area (TPSA) is 103 Å². The summed E-state index contributed by atoms with van der Waals surface area (Å²) in [6.45, 7) is 1.80. The molecular weight excluding hydrogens is 596 g/mol. The van der Waals surface area contributed by atoms with Crippen molar-refractivity contribution in [1.82, 2.24) is 9.88 Å².